The summed E-state index contributed by atoms with van der Waals surface area (Å²) in [5, 5.41) is 0. The van der Waals surface area contributed by atoms with Crippen molar-refractivity contribution in [3.63, 3.8) is 0 Å². The van der Waals surface area contributed by atoms with Crippen molar-refractivity contribution in [2.45, 2.75) is 31.7 Å². The van der Waals surface area contributed by atoms with Gasteiger partial charge in [0.05, 0.1) is 6.54 Å². The Hall–Kier alpha value is -1.48. The number of Topliss-reactive ketones (excluding diaryl/α,β-unsaturated/α-hetero) is 1. The number of piperazine rings is 1. The molecule has 0 radical (unpaired) electrons. The molecule has 0 atom stereocenters. The highest BCUT2D eigenvalue weighted by molar-refractivity contribution is 7.90. The average molecular weight is 381 g/mol. The summed E-state index contributed by atoms with van der Waals surface area (Å²) >= 11 is 0. The van der Waals surface area contributed by atoms with Crippen molar-refractivity contribution in [3.8, 4) is 0 Å². The Morgan fingerprint density at radius 1 is 1.08 bits per heavy atom. The molecule has 0 amide bonds. The lowest BCUT2D eigenvalue weighted by Crippen LogP contribution is -2.46. The van der Waals surface area contributed by atoms with E-state index >= 15 is 0 Å². The van der Waals surface area contributed by atoms with Crippen LogP contribution in [0.5, 0.6) is 0 Å². The molecule has 8 heteroatoms. The summed E-state index contributed by atoms with van der Waals surface area (Å²) in [5.41, 5.74) is 1.07. The number of ketones is 1. The molecule has 2 N–H and O–H groups in total. The lowest BCUT2D eigenvalue weighted by molar-refractivity contribution is 0.0876. The second-order valence-electron chi connectivity index (χ2n) is 7.28. The first kappa shape index (κ1) is 19.3. The molecule has 0 aromatic heterocycles. The van der Waals surface area contributed by atoms with Crippen LogP contribution in [-0.4, -0.2) is 69.8 Å². The number of hydrogen-bond donors (Lipinski definition) is 2. The Bertz CT molecular complexity index is 706. The zero-order chi connectivity index (χ0) is 18.6. The number of anilines is 1. The van der Waals surface area contributed by atoms with E-state index in [1.807, 2.05) is 0 Å². The minimum Gasteiger partial charge on any atom is -0.304 e. The van der Waals surface area contributed by atoms with Crippen molar-refractivity contribution < 1.29 is 13.2 Å². The molecule has 1 saturated heterocycles. The zero-order valence-electron chi connectivity index (χ0n) is 15.3. The van der Waals surface area contributed by atoms with Crippen LogP contribution >= 0.6 is 0 Å². The van der Waals surface area contributed by atoms with Gasteiger partial charge in [-0.05, 0) is 44.2 Å². The molecular formula is C18H28N4O3S. The van der Waals surface area contributed by atoms with E-state index in [2.05, 4.69) is 26.3 Å². The first-order valence-corrected chi connectivity index (χ1v) is 10.7. The third-order valence-electron chi connectivity index (χ3n) is 5.10. The lowest BCUT2D eigenvalue weighted by atomic mass is 10.1. The number of nitrogens with zero attached hydrogens (tertiary/aromatic N) is 2. The van der Waals surface area contributed by atoms with Crippen LogP contribution in [0.4, 0.5) is 5.69 Å². The minimum atomic E-state index is -3.58. The second-order valence-corrected chi connectivity index (χ2v) is 8.73. The number of hydrogen-bond acceptors (Lipinski definition) is 5. The normalized spacial score (nSPS) is 20.3. The van der Waals surface area contributed by atoms with Crippen molar-refractivity contribution in [1.29, 1.82) is 0 Å². The Morgan fingerprint density at radius 3 is 2.31 bits per heavy atom. The topological polar surface area (TPSA) is 81.8 Å². The van der Waals surface area contributed by atoms with Gasteiger partial charge in [-0.25, -0.2) is 0 Å². The van der Waals surface area contributed by atoms with Crippen LogP contribution in [0.3, 0.4) is 0 Å². The summed E-state index contributed by atoms with van der Waals surface area (Å²) in [7, 11) is -1.49. The monoisotopic (exact) mass is 380 g/mol. The summed E-state index contributed by atoms with van der Waals surface area (Å²) in [4.78, 5) is 16.8. The molecule has 1 aliphatic carbocycles. The number of rotatable bonds is 7. The molecular weight excluding hydrogens is 352 g/mol. The Balaban J connectivity index is 1.53. The average Bonchev–Trinajstić information content (AvgIpc) is 3.09. The van der Waals surface area contributed by atoms with Gasteiger partial charge in [0.2, 0.25) is 0 Å². The quantitative estimate of drug-likeness (QED) is 0.697. The molecule has 1 aliphatic heterocycles. The molecule has 1 saturated carbocycles. The van der Waals surface area contributed by atoms with Crippen molar-refractivity contribution in [1.82, 2.24) is 14.5 Å². The first-order valence-electron chi connectivity index (χ1n) is 9.25. The molecule has 2 fully saturated rings. The number of carbonyl (C=O) groups excluding carboxylic acids is 1. The molecule has 0 spiro atoms. The van der Waals surface area contributed by atoms with Crippen molar-refractivity contribution in [3.05, 3.63) is 29.8 Å². The Labute approximate surface area is 155 Å². The predicted molar refractivity (Wildman–Crippen MR) is 103 cm³/mol. The van der Waals surface area contributed by atoms with E-state index in [0.29, 0.717) is 17.8 Å². The van der Waals surface area contributed by atoms with Crippen molar-refractivity contribution >= 4 is 21.7 Å². The largest absolute Gasteiger partial charge is 0.304 e. The molecule has 0 unspecified atom stereocenters. The third-order valence-corrected chi connectivity index (χ3v) is 6.25. The van der Waals surface area contributed by atoms with Gasteiger partial charge in [0.25, 0.3) is 10.2 Å². The van der Waals surface area contributed by atoms with Gasteiger partial charge >= 0.3 is 0 Å². The van der Waals surface area contributed by atoms with E-state index in [9.17, 15) is 13.2 Å². The van der Waals surface area contributed by atoms with Crippen molar-refractivity contribution in [2.24, 2.45) is 0 Å². The highest BCUT2D eigenvalue weighted by Gasteiger charge is 2.21. The summed E-state index contributed by atoms with van der Waals surface area (Å²) < 4.78 is 29.5. The maximum Gasteiger partial charge on any atom is 0.299 e. The molecule has 0 bridgehead atoms. The highest BCUT2D eigenvalue weighted by atomic mass is 32.2. The van der Waals surface area contributed by atoms with Gasteiger partial charge in [0, 0.05) is 43.5 Å². The molecule has 26 heavy (non-hydrogen) atoms. The van der Waals surface area contributed by atoms with Gasteiger partial charge < -0.3 is 4.90 Å². The van der Waals surface area contributed by atoms with Crippen LogP contribution in [-0.2, 0) is 10.2 Å². The summed E-state index contributed by atoms with van der Waals surface area (Å²) in [5.74, 6) is 0.0630. The fraction of sp³-hybridized carbons (Fsp3) is 0.611. The molecule has 3 rings (SSSR count). The van der Waals surface area contributed by atoms with Crippen LogP contribution < -0.4 is 9.44 Å². The van der Waals surface area contributed by atoms with Crippen LogP contribution in [0.25, 0.3) is 0 Å². The summed E-state index contributed by atoms with van der Waals surface area (Å²) in [6.45, 7) is 4.14. The molecule has 1 aromatic carbocycles. The van der Waals surface area contributed by atoms with Gasteiger partial charge in [-0.2, -0.15) is 13.1 Å². The SMILES string of the molecule is CN1CCN(CC(=O)c2ccc(NS(=O)(=O)NC3CCCC3)cc2)CC1. The van der Waals surface area contributed by atoms with E-state index in [0.717, 1.165) is 51.9 Å². The second kappa shape index (κ2) is 8.47. The van der Waals surface area contributed by atoms with Crippen LogP contribution in [0, 0.1) is 0 Å². The van der Waals surface area contributed by atoms with Gasteiger partial charge in [-0.1, -0.05) is 12.8 Å². The number of carbonyl (C=O) groups is 1. The predicted octanol–water partition coefficient (Wildman–Crippen LogP) is 1.31. The lowest BCUT2D eigenvalue weighted by Gasteiger charge is -2.31. The smallest absolute Gasteiger partial charge is 0.299 e. The van der Waals surface area contributed by atoms with Crippen LogP contribution in [0.15, 0.2) is 24.3 Å². The van der Waals surface area contributed by atoms with Crippen LogP contribution in [0.2, 0.25) is 0 Å². The number of nitrogens with one attached hydrogen (secondary N) is 2. The fourth-order valence-corrected chi connectivity index (χ4v) is 4.65. The third kappa shape index (κ3) is 5.51. The number of benzene rings is 1. The maximum atomic E-state index is 12.4. The Morgan fingerprint density at radius 2 is 1.69 bits per heavy atom. The van der Waals surface area contributed by atoms with Gasteiger partial charge in [0.1, 0.15) is 0 Å². The van der Waals surface area contributed by atoms with E-state index in [1.165, 1.54) is 0 Å². The highest BCUT2D eigenvalue weighted by Crippen LogP contribution is 2.19. The van der Waals surface area contributed by atoms with E-state index in [4.69, 9.17) is 0 Å². The first-order chi connectivity index (χ1) is 12.4. The molecule has 7 nitrogen and oxygen atoms in total. The summed E-state index contributed by atoms with van der Waals surface area (Å²) in [6, 6.07) is 6.69. The standard InChI is InChI=1S/C18H28N4O3S/c1-21-10-12-22(13-11-21)14-18(23)15-6-8-17(9-7-15)20-26(24,25)19-16-4-2-3-5-16/h6-9,16,19-20H,2-5,10-14H2,1H3. The minimum absolute atomic E-state index is 0.0249. The zero-order valence-corrected chi connectivity index (χ0v) is 16.1. The van der Waals surface area contributed by atoms with E-state index < -0.39 is 10.2 Å². The summed E-state index contributed by atoms with van der Waals surface area (Å²) in [6.07, 6.45) is 3.91. The number of likely N-dealkylation sites (N-methyl/N-ethyl adjacent to an activating group) is 1. The van der Waals surface area contributed by atoms with Gasteiger partial charge in [0.15, 0.2) is 5.78 Å². The molecule has 1 aromatic rings. The van der Waals surface area contributed by atoms with Crippen molar-refractivity contribution in [2.75, 3.05) is 44.5 Å². The van der Waals surface area contributed by atoms with E-state index in [1.54, 1.807) is 24.3 Å². The van der Waals surface area contributed by atoms with Gasteiger partial charge in [-0.15, -0.1) is 0 Å². The van der Waals surface area contributed by atoms with Crippen LogP contribution in [0.1, 0.15) is 36.0 Å². The Kier molecular flexibility index (Phi) is 6.29. The van der Waals surface area contributed by atoms with Gasteiger partial charge in [-0.3, -0.25) is 14.4 Å². The fourth-order valence-electron chi connectivity index (χ4n) is 3.47. The molecule has 144 valence electrons. The maximum absolute atomic E-state index is 12.4. The van der Waals surface area contributed by atoms with E-state index in [-0.39, 0.29) is 11.8 Å². The molecule has 1 heterocycles. The molecule has 2 aliphatic rings.